The topological polar surface area (TPSA) is 97.6 Å². The first-order valence-electron chi connectivity index (χ1n) is 8.10. The van der Waals surface area contributed by atoms with Crippen LogP contribution in [0.3, 0.4) is 0 Å². The highest BCUT2D eigenvalue weighted by molar-refractivity contribution is 5.99. The van der Waals surface area contributed by atoms with E-state index in [1.165, 1.54) is 11.4 Å². The number of aliphatic imine (C=N–C) groups is 2. The van der Waals surface area contributed by atoms with Crippen molar-refractivity contribution in [3.05, 3.63) is 0 Å². The monoisotopic (exact) mass is 304 g/mol. The summed E-state index contributed by atoms with van der Waals surface area (Å²) in [6, 6.07) is 0. The lowest BCUT2D eigenvalue weighted by Gasteiger charge is -2.18. The summed E-state index contributed by atoms with van der Waals surface area (Å²) in [4.78, 5) is 8.69. The predicted octanol–water partition coefficient (Wildman–Crippen LogP) is 0.150. The molecule has 3 rings (SSSR count). The molecule has 0 aromatic rings. The van der Waals surface area contributed by atoms with Gasteiger partial charge in [0.25, 0.3) is 0 Å². The van der Waals surface area contributed by atoms with Crippen LogP contribution in [-0.4, -0.2) is 49.5 Å². The van der Waals surface area contributed by atoms with Gasteiger partial charge < -0.3 is 10.6 Å². The van der Waals surface area contributed by atoms with Gasteiger partial charge in [-0.05, 0) is 38.5 Å². The Morgan fingerprint density at radius 1 is 0.727 bits per heavy atom. The molecule has 0 aromatic heterocycles. The highest BCUT2D eigenvalue weighted by Crippen LogP contribution is 2.13. The van der Waals surface area contributed by atoms with Crippen LogP contribution in [0.4, 0.5) is 0 Å². The van der Waals surface area contributed by atoms with Crippen molar-refractivity contribution in [2.75, 3.05) is 26.2 Å². The zero-order valence-corrected chi connectivity index (χ0v) is 12.9. The molecule has 1 fully saturated rings. The Labute approximate surface area is 130 Å². The molecule has 0 bridgehead atoms. The van der Waals surface area contributed by atoms with E-state index in [1.807, 2.05) is 0 Å². The molecule has 0 unspecified atom stereocenters. The summed E-state index contributed by atoms with van der Waals surface area (Å²) in [5.41, 5.74) is 8.43. The van der Waals surface area contributed by atoms with E-state index < -0.39 is 0 Å². The Bertz CT molecular complexity index is 447. The molecule has 8 heteroatoms. The zero-order valence-electron chi connectivity index (χ0n) is 12.9. The molecular weight excluding hydrogens is 280 g/mol. The largest absolute Gasteiger partial charge is 0.355 e. The fraction of sp³-hybridized carbons (Fsp3) is 0.714. The Kier molecular flexibility index (Phi) is 5.22. The van der Waals surface area contributed by atoms with Gasteiger partial charge in [0.05, 0.1) is 0 Å². The maximum Gasteiger partial charge on any atom is 0.212 e. The minimum absolute atomic E-state index is 0.793. The molecule has 2 aliphatic heterocycles. The van der Waals surface area contributed by atoms with Crippen LogP contribution in [0.1, 0.15) is 38.5 Å². The molecule has 0 spiro atoms. The molecule has 0 amide bonds. The molecule has 1 saturated carbocycles. The fourth-order valence-electron chi connectivity index (χ4n) is 2.53. The van der Waals surface area contributed by atoms with E-state index in [0.717, 1.165) is 76.6 Å². The average Bonchev–Trinajstić information content (AvgIpc) is 2.61. The highest BCUT2D eigenvalue weighted by atomic mass is 15.4. The smallest absolute Gasteiger partial charge is 0.212 e. The second-order valence-corrected chi connectivity index (χ2v) is 5.60. The number of nitrogens with zero attached hydrogens (tertiary/aromatic N) is 4. The molecule has 0 aromatic carbocycles. The van der Waals surface area contributed by atoms with Gasteiger partial charge >= 0.3 is 0 Å². The van der Waals surface area contributed by atoms with Crippen molar-refractivity contribution in [3.8, 4) is 0 Å². The van der Waals surface area contributed by atoms with E-state index >= 15 is 0 Å². The van der Waals surface area contributed by atoms with E-state index in [1.54, 1.807) is 0 Å². The summed E-state index contributed by atoms with van der Waals surface area (Å²) in [7, 11) is 0. The number of guanidine groups is 2. The van der Waals surface area contributed by atoms with Crippen molar-refractivity contribution in [3.63, 3.8) is 0 Å². The van der Waals surface area contributed by atoms with Gasteiger partial charge in [0.2, 0.25) is 11.9 Å². The normalized spacial score (nSPS) is 21.8. The van der Waals surface area contributed by atoms with Crippen LogP contribution >= 0.6 is 0 Å². The first-order chi connectivity index (χ1) is 10.9. The van der Waals surface area contributed by atoms with Crippen molar-refractivity contribution in [1.82, 2.24) is 21.5 Å². The number of nitrogens with one attached hydrogen (secondary N) is 4. The average molecular weight is 304 g/mol. The molecule has 0 atom stereocenters. The summed E-state index contributed by atoms with van der Waals surface area (Å²) in [6.07, 6.45) is 5.96. The molecular formula is C14H24N8. The molecule has 1 aliphatic carbocycles. The van der Waals surface area contributed by atoms with Gasteiger partial charge in [-0.25, -0.2) is 10.9 Å². The van der Waals surface area contributed by atoms with Gasteiger partial charge in [-0.3, -0.25) is 9.98 Å². The number of rotatable bonds is 2. The van der Waals surface area contributed by atoms with Crippen LogP contribution in [0, 0.1) is 0 Å². The van der Waals surface area contributed by atoms with E-state index in [9.17, 15) is 0 Å². The summed E-state index contributed by atoms with van der Waals surface area (Å²) < 4.78 is 0. The van der Waals surface area contributed by atoms with E-state index in [-0.39, 0.29) is 0 Å². The van der Waals surface area contributed by atoms with E-state index in [2.05, 4.69) is 41.7 Å². The van der Waals surface area contributed by atoms with Gasteiger partial charge in [-0.2, -0.15) is 10.2 Å². The summed E-state index contributed by atoms with van der Waals surface area (Å²) in [5, 5.41) is 15.3. The van der Waals surface area contributed by atoms with Crippen LogP contribution in [0.2, 0.25) is 0 Å². The maximum atomic E-state index is 4.45. The summed E-state index contributed by atoms with van der Waals surface area (Å²) >= 11 is 0. The van der Waals surface area contributed by atoms with Crippen LogP contribution in [0.5, 0.6) is 0 Å². The lowest BCUT2D eigenvalue weighted by atomic mass is 9.97. The van der Waals surface area contributed by atoms with Crippen molar-refractivity contribution >= 4 is 23.3 Å². The maximum absolute atomic E-state index is 4.45. The molecule has 120 valence electrons. The van der Waals surface area contributed by atoms with Gasteiger partial charge in [0.1, 0.15) is 0 Å². The molecule has 0 saturated heterocycles. The minimum Gasteiger partial charge on any atom is -0.355 e. The first-order valence-corrected chi connectivity index (χ1v) is 8.10. The Morgan fingerprint density at radius 2 is 1.18 bits per heavy atom. The Balaban J connectivity index is 1.43. The van der Waals surface area contributed by atoms with Crippen molar-refractivity contribution in [2.45, 2.75) is 38.5 Å². The molecule has 3 aliphatic rings. The molecule has 4 N–H and O–H groups in total. The minimum atomic E-state index is 0.793. The van der Waals surface area contributed by atoms with Crippen LogP contribution in [0.15, 0.2) is 20.2 Å². The van der Waals surface area contributed by atoms with Crippen molar-refractivity contribution in [2.24, 2.45) is 20.2 Å². The van der Waals surface area contributed by atoms with E-state index in [4.69, 9.17) is 0 Å². The quantitative estimate of drug-likeness (QED) is 0.546. The van der Waals surface area contributed by atoms with Gasteiger partial charge in [0, 0.05) is 37.6 Å². The van der Waals surface area contributed by atoms with Gasteiger partial charge in [-0.15, -0.1) is 0 Å². The lowest BCUT2D eigenvalue weighted by Crippen LogP contribution is -2.39. The molecule has 8 nitrogen and oxygen atoms in total. The molecule has 0 radical (unpaired) electrons. The summed E-state index contributed by atoms with van der Waals surface area (Å²) in [5.74, 6) is 1.59. The molecule has 2 heterocycles. The number of hydrogen-bond acceptors (Lipinski definition) is 8. The highest BCUT2D eigenvalue weighted by Gasteiger charge is 2.14. The third kappa shape index (κ3) is 4.44. The standard InChI is InChI=1S/C14H24N8/c1-7-15-13(16-8-1)21-19-11-3-5-12(6-4-11)20-22-14-17-9-2-10-18-14/h1-10H2,(H2,15,16,21)(H2,17,18,22). The Morgan fingerprint density at radius 3 is 1.55 bits per heavy atom. The third-order valence-electron chi connectivity index (χ3n) is 3.84. The fourth-order valence-corrected chi connectivity index (χ4v) is 2.53. The predicted molar refractivity (Wildman–Crippen MR) is 89.5 cm³/mol. The third-order valence-corrected chi connectivity index (χ3v) is 3.84. The second-order valence-electron chi connectivity index (χ2n) is 5.60. The number of hydrazone groups is 2. The zero-order chi connectivity index (χ0) is 15.0. The van der Waals surface area contributed by atoms with Gasteiger partial charge in [-0.1, -0.05) is 0 Å². The lowest BCUT2D eigenvalue weighted by molar-refractivity contribution is 0.707. The Hall–Kier alpha value is -2.12. The van der Waals surface area contributed by atoms with Crippen molar-refractivity contribution < 1.29 is 0 Å². The first kappa shape index (κ1) is 14.8. The number of hydrogen-bond donors (Lipinski definition) is 4. The van der Waals surface area contributed by atoms with Crippen molar-refractivity contribution in [1.29, 1.82) is 0 Å². The van der Waals surface area contributed by atoms with E-state index in [0.29, 0.717) is 0 Å². The SMILES string of the molecule is C1CN=C(NN=C2CCC(=NNC3=NCCCN3)CC2)NC1. The summed E-state index contributed by atoms with van der Waals surface area (Å²) in [6.45, 7) is 3.69. The van der Waals surface area contributed by atoms with Crippen LogP contribution < -0.4 is 21.5 Å². The second kappa shape index (κ2) is 7.77. The molecule has 22 heavy (non-hydrogen) atoms. The van der Waals surface area contributed by atoms with Crippen LogP contribution in [-0.2, 0) is 0 Å². The van der Waals surface area contributed by atoms with Gasteiger partial charge in [0.15, 0.2) is 0 Å². The van der Waals surface area contributed by atoms with Crippen LogP contribution in [0.25, 0.3) is 0 Å².